The first kappa shape index (κ1) is 22.3. The van der Waals surface area contributed by atoms with Crippen molar-refractivity contribution in [3.05, 3.63) is 82.9 Å². The molecule has 2 amide bonds. The van der Waals surface area contributed by atoms with Gasteiger partial charge in [0.25, 0.3) is 5.91 Å². The molecule has 2 N–H and O–H groups in total. The van der Waals surface area contributed by atoms with Gasteiger partial charge in [-0.2, -0.15) is 0 Å². The van der Waals surface area contributed by atoms with E-state index in [-0.39, 0.29) is 17.1 Å². The smallest absolute Gasteiger partial charge is 0.255 e. The fourth-order valence-corrected chi connectivity index (χ4v) is 5.30. The van der Waals surface area contributed by atoms with Gasteiger partial charge >= 0.3 is 0 Å². The number of amides is 2. The summed E-state index contributed by atoms with van der Waals surface area (Å²) in [5.74, 6) is -0.282. The lowest BCUT2D eigenvalue weighted by Gasteiger charge is -2.10. The molecule has 0 aliphatic carbocycles. The molecule has 5 nitrogen and oxygen atoms in total. The summed E-state index contributed by atoms with van der Waals surface area (Å²) in [6.07, 6.45) is 0. The molecule has 8 heteroatoms. The number of thiazole rings is 1. The highest BCUT2D eigenvalue weighted by molar-refractivity contribution is 8.02. The predicted molar refractivity (Wildman–Crippen MR) is 134 cm³/mol. The molecule has 3 aromatic carbocycles. The van der Waals surface area contributed by atoms with E-state index in [0.29, 0.717) is 16.3 Å². The summed E-state index contributed by atoms with van der Waals surface area (Å²) in [6, 6.07) is 20.0. The summed E-state index contributed by atoms with van der Waals surface area (Å²) in [5, 5.41) is 6.11. The Morgan fingerprint density at radius 2 is 1.66 bits per heavy atom. The Labute approximate surface area is 199 Å². The van der Waals surface area contributed by atoms with E-state index in [9.17, 15) is 9.59 Å². The number of carbonyl (C=O) groups is 2. The number of rotatable bonds is 6. The van der Waals surface area contributed by atoms with E-state index in [1.807, 2.05) is 56.3 Å². The maximum absolute atomic E-state index is 12.5. The van der Waals surface area contributed by atoms with Crippen molar-refractivity contribution in [1.29, 1.82) is 0 Å². The first-order valence-corrected chi connectivity index (χ1v) is 12.0. The Morgan fingerprint density at radius 3 is 2.38 bits per heavy atom. The monoisotopic (exact) mass is 481 g/mol. The number of halogens is 1. The minimum absolute atomic E-state index is 0.0750. The van der Waals surface area contributed by atoms with Gasteiger partial charge in [-0.15, -0.1) is 11.3 Å². The second-order valence-corrected chi connectivity index (χ2v) is 10.3. The number of aromatic nitrogens is 1. The van der Waals surface area contributed by atoms with Gasteiger partial charge in [-0.3, -0.25) is 9.59 Å². The van der Waals surface area contributed by atoms with Crippen molar-refractivity contribution in [2.45, 2.75) is 23.4 Å². The van der Waals surface area contributed by atoms with Crippen LogP contribution in [0.4, 0.5) is 11.4 Å². The van der Waals surface area contributed by atoms with E-state index in [4.69, 9.17) is 11.6 Å². The summed E-state index contributed by atoms with van der Waals surface area (Å²) >= 11 is 8.79. The molecule has 32 heavy (non-hydrogen) atoms. The largest absolute Gasteiger partial charge is 0.325 e. The normalized spacial score (nSPS) is 11.8. The zero-order valence-electron chi connectivity index (χ0n) is 17.4. The van der Waals surface area contributed by atoms with E-state index in [1.54, 1.807) is 24.3 Å². The van der Waals surface area contributed by atoms with Crippen LogP contribution in [-0.4, -0.2) is 22.0 Å². The van der Waals surface area contributed by atoms with Gasteiger partial charge in [-0.25, -0.2) is 4.98 Å². The maximum atomic E-state index is 12.5. The van der Waals surface area contributed by atoms with Gasteiger partial charge in [-0.05, 0) is 68.4 Å². The Balaban J connectivity index is 1.42. The molecule has 1 unspecified atom stereocenters. The zero-order chi connectivity index (χ0) is 22.7. The Kier molecular flexibility index (Phi) is 6.79. The molecular weight excluding hydrogens is 462 g/mol. The fraction of sp³-hybridized carbons (Fsp3) is 0.125. The third-order valence-corrected chi connectivity index (χ3v) is 7.16. The van der Waals surface area contributed by atoms with Crippen molar-refractivity contribution >= 4 is 68.1 Å². The van der Waals surface area contributed by atoms with Crippen LogP contribution < -0.4 is 10.6 Å². The molecule has 0 saturated heterocycles. The van der Waals surface area contributed by atoms with E-state index in [2.05, 4.69) is 15.6 Å². The summed E-state index contributed by atoms with van der Waals surface area (Å²) in [6.45, 7) is 3.86. The van der Waals surface area contributed by atoms with Crippen molar-refractivity contribution in [3.8, 4) is 0 Å². The number of aryl methyl sites for hydroxylation is 1. The molecule has 162 valence electrons. The average Bonchev–Trinajstić information content (AvgIpc) is 3.17. The Morgan fingerprint density at radius 1 is 0.969 bits per heavy atom. The third kappa shape index (κ3) is 5.48. The number of carbonyl (C=O) groups excluding carboxylic acids is 2. The van der Waals surface area contributed by atoms with Crippen LogP contribution in [0.1, 0.15) is 22.8 Å². The van der Waals surface area contributed by atoms with Gasteiger partial charge in [0.15, 0.2) is 4.34 Å². The molecule has 0 spiro atoms. The second-order valence-electron chi connectivity index (χ2n) is 7.24. The van der Waals surface area contributed by atoms with Crippen LogP contribution in [0.5, 0.6) is 0 Å². The molecule has 0 fully saturated rings. The molecule has 1 aromatic heterocycles. The van der Waals surface area contributed by atoms with E-state index < -0.39 is 0 Å². The van der Waals surface area contributed by atoms with E-state index in [1.165, 1.54) is 23.1 Å². The quantitative estimate of drug-likeness (QED) is 0.303. The molecule has 0 aliphatic heterocycles. The summed E-state index contributed by atoms with van der Waals surface area (Å²) in [7, 11) is 0. The highest BCUT2D eigenvalue weighted by Gasteiger charge is 2.17. The van der Waals surface area contributed by atoms with Crippen LogP contribution >= 0.6 is 34.7 Å². The molecule has 1 heterocycles. The molecule has 0 bridgehead atoms. The predicted octanol–water partition coefficient (Wildman–Crippen LogP) is 6.63. The average molecular weight is 482 g/mol. The van der Waals surface area contributed by atoms with Gasteiger partial charge in [0.2, 0.25) is 5.91 Å². The molecule has 0 aliphatic rings. The van der Waals surface area contributed by atoms with Crippen molar-refractivity contribution in [2.24, 2.45) is 0 Å². The van der Waals surface area contributed by atoms with Crippen molar-refractivity contribution < 1.29 is 9.59 Å². The molecule has 0 saturated carbocycles. The molecule has 0 radical (unpaired) electrons. The zero-order valence-corrected chi connectivity index (χ0v) is 19.8. The van der Waals surface area contributed by atoms with Crippen LogP contribution in [0, 0.1) is 6.92 Å². The van der Waals surface area contributed by atoms with Crippen molar-refractivity contribution in [2.75, 3.05) is 10.6 Å². The van der Waals surface area contributed by atoms with Crippen molar-refractivity contribution in [1.82, 2.24) is 4.98 Å². The van der Waals surface area contributed by atoms with Crippen LogP contribution in [-0.2, 0) is 4.79 Å². The maximum Gasteiger partial charge on any atom is 0.255 e. The number of nitrogens with zero attached hydrogens (tertiary/aromatic N) is 1. The molecule has 1 atom stereocenters. The van der Waals surface area contributed by atoms with Gasteiger partial charge in [0, 0.05) is 22.0 Å². The van der Waals surface area contributed by atoms with Gasteiger partial charge in [0.05, 0.1) is 15.5 Å². The Hall–Kier alpha value is -2.87. The molecule has 4 aromatic rings. The topological polar surface area (TPSA) is 71.1 Å². The number of hydrogen-bond acceptors (Lipinski definition) is 5. The lowest BCUT2D eigenvalue weighted by atomic mass is 10.2. The third-order valence-electron chi connectivity index (χ3n) is 4.70. The summed E-state index contributed by atoms with van der Waals surface area (Å²) < 4.78 is 1.74. The van der Waals surface area contributed by atoms with Crippen LogP contribution in [0.25, 0.3) is 10.2 Å². The highest BCUT2D eigenvalue weighted by atomic mass is 35.5. The minimum atomic E-state index is -0.305. The number of benzene rings is 3. The van der Waals surface area contributed by atoms with Crippen molar-refractivity contribution in [3.63, 3.8) is 0 Å². The van der Waals surface area contributed by atoms with Crippen LogP contribution in [0.2, 0.25) is 5.02 Å². The number of thioether (sulfide) groups is 1. The highest BCUT2D eigenvalue weighted by Crippen LogP contribution is 2.34. The molecular formula is C24H20ClN3O2S2. The van der Waals surface area contributed by atoms with Gasteiger partial charge in [-0.1, -0.05) is 41.1 Å². The SMILES string of the molecule is Cc1ccc(NC(=O)C(C)Sc2nc3ccc(NC(=O)c4ccc(Cl)cc4)cc3s2)cc1. The lowest BCUT2D eigenvalue weighted by molar-refractivity contribution is -0.115. The summed E-state index contributed by atoms with van der Waals surface area (Å²) in [5.41, 5.74) is 3.96. The van der Waals surface area contributed by atoms with E-state index in [0.717, 1.165) is 25.8 Å². The number of nitrogens with one attached hydrogen (secondary N) is 2. The Bertz CT molecular complexity index is 1270. The number of fused-ring (bicyclic) bond motifs is 1. The van der Waals surface area contributed by atoms with Crippen LogP contribution in [0.15, 0.2) is 71.1 Å². The number of hydrogen-bond donors (Lipinski definition) is 2. The van der Waals surface area contributed by atoms with Crippen LogP contribution in [0.3, 0.4) is 0 Å². The minimum Gasteiger partial charge on any atom is -0.325 e. The van der Waals surface area contributed by atoms with E-state index >= 15 is 0 Å². The second kappa shape index (κ2) is 9.73. The number of anilines is 2. The first-order chi connectivity index (χ1) is 15.4. The van der Waals surface area contributed by atoms with Gasteiger partial charge < -0.3 is 10.6 Å². The lowest BCUT2D eigenvalue weighted by Crippen LogP contribution is -2.22. The van der Waals surface area contributed by atoms with Gasteiger partial charge in [0.1, 0.15) is 0 Å². The standard InChI is InChI=1S/C24H20ClN3O2S2/c1-14-3-9-18(10-4-14)26-22(29)15(2)31-24-28-20-12-11-19(13-21(20)32-24)27-23(30)16-5-7-17(25)8-6-16/h3-13,15H,1-2H3,(H,26,29)(H,27,30). The first-order valence-electron chi connectivity index (χ1n) is 9.89. The molecule has 4 rings (SSSR count). The summed E-state index contributed by atoms with van der Waals surface area (Å²) in [4.78, 5) is 29.6. The fourth-order valence-electron chi connectivity index (χ4n) is 2.92.